The molecule has 4 heteroatoms. The van der Waals surface area contributed by atoms with E-state index >= 15 is 0 Å². The number of rotatable bonds is 3. The number of thioether (sulfide) groups is 1. The summed E-state index contributed by atoms with van der Waals surface area (Å²) < 4.78 is 0. The van der Waals surface area contributed by atoms with Gasteiger partial charge in [-0.25, -0.2) is 0 Å². The third-order valence-corrected chi connectivity index (χ3v) is 5.29. The summed E-state index contributed by atoms with van der Waals surface area (Å²) in [7, 11) is 0. The molecule has 17 heavy (non-hydrogen) atoms. The zero-order valence-corrected chi connectivity index (χ0v) is 12.0. The molecule has 0 amide bonds. The molecule has 0 saturated carbocycles. The highest BCUT2D eigenvalue weighted by Crippen LogP contribution is 2.29. The fourth-order valence-corrected chi connectivity index (χ4v) is 4.01. The second kappa shape index (κ2) is 6.33. The molecule has 1 heterocycles. The van der Waals surface area contributed by atoms with E-state index in [1.54, 1.807) is 6.07 Å². The van der Waals surface area contributed by atoms with Gasteiger partial charge in [0.15, 0.2) is 0 Å². The van der Waals surface area contributed by atoms with Gasteiger partial charge in [-0.3, -0.25) is 0 Å². The topological polar surface area (TPSA) is 26.0 Å². The van der Waals surface area contributed by atoms with Crippen LogP contribution in [0.4, 0.5) is 0 Å². The predicted molar refractivity (Wildman–Crippen MR) is 78.2 cm³/mol. The molecule has 1 fully saturated rings. The zero-order valence-electron chi connectivity index (χ0n) is 9.66. The summed E-state index contributed by atoms with van der Waals surface area (Å²) in [6.07, 6.45) is 4.71. The molecular weight excluding hydrogens is 273 g/mol. The second-order valence-electron chi connectivity index (χ2n) is 4.51. The van der Waals surface area contributed by atoms with Gasteiger partial charge in [0.1, 0.15) is 0 Å². The van der Waals surface area contributed by atoms with Crippen molar-refractivity contribution in [3.8, 4) is 0 Å². The first-order valence-electron chi connectivity index (χ1n) is 5.98. The van der Waals surface area contributed by atoms with Crippen LogP contribution in [0.1, 0.15) is 24.8 Å². The minimum atomic E-state index is 0.193. The summed E-state index contributed by atoms with van der Waals surface area (Å²) >= 11 is 14.1. The highest BCUT2D eigenvalue weighted by atomic mass is 35.5. The van der Waals surface area contributed by atoms with Crippen LogP contribution in [0.3, 0.4) is 0 Å². The molecule has 94 valence electrons. The van der Waals surface area contributed by atoms with Gasteiger partial charge in [0.05, 0.1) is 0 Å². The van der Waals surface area contributed by atoms with Crippen LogP contribution < -0.4 is 5.73 Å². The van der Waals surface area contributed by atoms with E-state index < -0.39 is 0 Å². The van der Waals surface area contributed by atoms with Crippen molar-refractivity contribution in [3.05, 3.63) is 33.8 Å². The van der Waals surface area contributed by atoms with Gasteiger partial charge in [0, 0.05) is 21.3 Å². The second-order valence-corrected chi connectivity index (χ2v) is 6.70. The van der Waals surface area contributed by atoms with Crippen molar-refractivity contribution in [2.24, 2.45) is 5.73 Å². The summed E-state index contributed by atoms with van der Waals surface area (Å²) in [5.74, 6) is 1.24. The van der Waals surface area contributed by atoms with Crippen molar-refractivity contribution >= 4 is 35.0 Å². The smallest absolute Gasteiger partial charge is 0.0453 e. The fraction of sp³-hybridized carbons (Fsp3) is 0.538. The lowest BCUT2D eigenvalue weighted by Crippen LogP contribution is -2.36. The number of halogens is 2. The van der Waals surface area contributed by atoms with Crippen LogP contribution in [-0.2, 0) is 6.42 Å². The van der Waals surface area contributed by atoms with Crippen LogP contribution in [-0.4, -0.2) is 17.0 Å². The largest absolute Gasteiger partial charge is 0.326 e. The monoisotopic (exact) mass is 289 g/mol. The predicted octanol–water partition coefficient (Wildman–Crippen LogP) is 4.15. The standard InChI is InChI=1S/C13H17Cl2NS/c14-10-5-4-9(11(15)8-10)7-12(16)13-3-1-2-6-17-13/h4-5,8,12-13H,1-3,6-7,16H2. The number of benzene rings is 1. The van der Waals surface area contributed by atoms with E-state index in [1.807, 2.05) is 23.9 Å². The first kappa shape index (κ1) is 13.5. The van der Waals surface area contributed by atoms with Crippen molar-refractivity contribution in [2.75, 3.05) is 5.75 Å². The number of hydrogen-bond acceptors (Lipinski definition) is 2. The lowest BCUT2D eigenvalue weighted by molar-refractivity contribution is 0.559. The van der Waals surface area contributed by atoms with Gasteiger partial charge in [-0.1, -0.05) is 35.7 Å². The van der Waals surface area contributed by atoms with Gasteiger partial charge in [-0.05, 0) is 42.7 Å². The van der Waals surface area contributed by atoms with Crippen LogP contribution in [0, 0.1) is 0 Å². The Morgan fingerprint density at radius 1 is 1.35 bits per heavy atom. The Balaban J connectivity index is 1.99. The van der Waals surface area contributed by atoms with Crippen molar-refractivity contribution in [3.63, 3.8) is 0 Å². The van der Waals surface area contributed by atoms with Crippen LogP contribution >= 0.6 is 35.0 Å². The average Bonchev–Trinajstić information content (AvgIpc) is 2.34. The lowest BCUT2D eigenvalue weighted by atomic mass is 10.0. The maximum absolute atomic E-state index is 6.27. The molecule has 0 bridgehead atoms. The van der Waals surface area contributed by atoms with Gasteiger partial charge < -0.3 is 5.73 Å². The number of hydrogen-bond donors (Lipinski definition) is 1. The first-order valence-corrected chi connectivity index (χ1v) is 7.78. The minimum absolute atomic E-state index is 0.193. The molecule has 1 aromatic rings. The van der Waals surface area contributed by atoms with Gasteiger partial charge in [-0.15, -0.1) is 0 Å². The molecule has 1 aliphatic heterocycles. The summed E-state index contributed by atoms with van der Waals surface area (Å²) in [6, 6.07) is 5.85. The summed E-state index contributed by atoms with van der Waals surface area (Å²) in [5.41, 5.74) is 7.38. The highest BCUT2D eigenvalue weighted by Gasteiger charge is 2.21. The summed E-state index contributed by atoms with van der Waals surface area (Å²) in [4.78, 5) is 0. The molecule has 1 aromatic carbocycles. The van der Waals surface area contributed by atoms with E-state index in [0.717, 1.165) is 17.0 Å². The summed E-state index contributed by atoms with van der Waals surface area (Å²) in [6.45, 7) is 0. The molecule has 2 atom stereocenters. The third-order valence-electron chi connectivity index (χ3n) is 3.16. The molecule has 0 spiro atoms. The maximum atomic E-state index is 6.27. The molecule has 2 N–H and O–H groups in total. The lowest BCUT2D eigenvalue weighted by Gasteiger charge is -2.27. The van der Waals surface area contributed by atoms with E-state index in [2.05, 4.69) is 0 Å². The normalized spacial score (nSPS) is 22.4. The van der Waals surface area contributed by atoms with Crippen LogP contribution in [0.2, 0.25) is 10.0 Å². The quantitative estimate of drug-likeness (QED) is 0.905. The first-order chi connectivity index (χ1) is 8.16. The van der Waals surface area contributed by atoms with Crippen LogP contribution in [0.25, 0.3) is 0 Å². The Labute approximate surface area is 117 Å². The molecule has 2 rings (SSSR count). The Hall–Kier alpha value is 0.110. The van der Waals surface area contributed by atoms with Crippen molar-refractivity contribution in [2.45, 2.75) is 37.0 Å². The SMILES string of the molecule is NC(Cc1ccc(Cl)cc1Cl)C1CCCCS1. The van der Waals surface area contributed by atoms with E-state index in [4.69, 9.17) is 28.9 Å². The molecule has 1 nitrogen and oxygen atoms in total. The Morgan fingerprint density at radius 3 is 2.82 bits per heavy atom. The van der Waals surface area contributed by atoms with Gasteiger partial charge in [0.25, 0.3) is 0 Å². The molecule has 0 radical (unpaired) electrons. The Kier molecular flexibility index (Phi) is 5.04. The van der Waals surface area contributed by atoms with Gasteiger partial charge in [-0.2, -0.15) is 11.8 Å². The van der Waals surface area contributed by atoms with E-state index in [1.165, 1.54) is 25.0 Å². The van der Waals surface area contributed by atoms with Crippen molar-refractivity contribution < 1.29 is 0 Å². The molecule has 2 unspecified atom stereocenters. The zero-order chi connectivity index (χ0) is 12.3. The molecule has 1 saturated heterocycles. The van der Waals surface area contributed by atoms with Crippen molar-refractivity contribution in [1.29, 1.82) is 0 Å². The fourth-order valence-electron chi connectivity index (χ4n) is 2.18. The van der Waals surface area contributed by atoms with Crippen molar-refractivity contribution in [1.82, 2.24) is 0 Å². The van der Waals surface area contributed by atoms with E-state index in [0.29, 0.717) is 10.3 Å². The minimum Gasteiger partial charge on any atom is -0.326 e. The highest BCUT2D eigenvalue weighted by molar-refractivity contribution is 8.00. The Morgan fingerprint density at radius 2 is 2.18 bits per heavy atom. The average molecular weight is 290 g/mol. The molecule has 0 aromatic heterocycles. The molecular formula is C13H17Cl2NS. The molecule has 1 aliphatic rings. The Bertz CT molecular complexity index is 378. The van der Waals surface area contributed by atoms with E-state index in [-0.39, 0.29) is 6.04 Å². The summed E-state index contributed by atoms with van der Waals surface area (Å²) in [5, 5.41) is 1.99. The van der Waals surface area contributed by atoms with Crippen LogP contribution in [0.5, 0.6) is 0 Å². The van der Waals surface area contributed by atoms with Crippen LogP contribution in [0.15, 0.2) is 18.2 Å². The van der Waals surface area contributed by atoms with E-state index in [9.17, 15) is 0 Å². The third kappa shape index (κ3) is 3.78. The van der Waals surface area contributed by atoms with Gasteiger partial charge >= 0.3 is 0 Å². The number of nitrogens with two attached hydrogens (primary N) is 1. The molecule has 0 aliphatic carbocycles. The van der Waals surface area contributed by atoms with Gasteiger partial charge in [0.2, 0.25) is 0 Å². The maximum Gasteiger partial charge on any atom is 0.0453 e.